The van der Waals surface area contributed by atoms with Gasteiger partial charge in [0.2, 0.25) is 11.8 Å². The monoisotopic (exact) mass is 602 g/mol. The minimum atomic E-state index is -0.926. The van der Waals surface area contributed by atoms with E-state index in [2.05, 4.69) is 22.0 Å². The van der Waals surface area contributed by atoms with Gasteiger partial charge in [0.15, 0.2) is 0 Å². The van der Waals surface area contributed by atoms with Crippen molar-refractivity contribution in [1.29, 1.82) is 0 Å². The Labute approximate surface area is 262 Å². The van der Waals surface area contributed by atoms with Gasteiger partial charge in [-0.05, 0) is 80.7 Å². The number of benzene rings is 2. The molecule has 238 valence electrons. The predicted octanol–water partition coefficient (Wildman–Crippen LogP) is 4.99. The number of anilines is 1. The first-order valence-electron chi connectivity index (χ1n) is 16.9. The molecule has 2 saturated carbocycles. The maximum absolute atomic E-state index is 13.9. The lowest BCUT2D eigenvalue weighted by Crippen LogP contribution is -2.53. The number of aliphatic hydroxyl groups is 1. The highest BCUT2D eigenvalue weighted by Crippen LogP contribution is 2.36. The fourth-order valence-corrected chi connectivity index (χ4v) is 7.02. The van der Waals surface area contributed by atoms with Gasteiger partial charge in [-0.25, -0.2) is 0 Å². The van der Waals surface area contributed by atoms with E-state index < -0.39 is 18.2 Å². The number of aliphatic hydroxyl groups excluding tert-OH is 1. The molecule has 0 unspecified atom stereocenters. The van der Waals surface area contributed by atoms with Crippen molar-refractivity contribution in [3.63, 3.8) is 0 Å². The van der Waals surface area contributed by atoms with Crippen LogP contribution in [-0.4, -0.2) is 60.1 Å². The van der Waals surface area contributed by atoms with E-state index in [0.717, 1.165) is 61.8 Å². The molecule has 3 atom stereocenters. The van der Waals surface area contributed by atoms with Crippen LogP contribution >= 0.6 is 0 Å². The standard InChI is InChI=1S/C36H50N4O4/c1-25(35(43)38-30-16-9-4-10-17-30)37-24-33(41)32(20-26-12-5-2-6-13-26)39-36(44)29-21-28(27-14-7-3-8-15-27)22-31(23-29)40-19-11-18-34(40)42/h2,5-6,12-13,21-23,25,27,30,32-33,37,41H,3-4,7-11,14-20,24H2,1H3,(H,38,43)(H,39,44)/t25-,32-,33-/m0/s1. The number of hydrogen-bond donors (Lipinski definition) is 4. The van der Waals surface area contributed by atoms with Crippen molar-refractivity contribution in [3.8, 4) is 0 Å². The van der Waals surface area contributed by atoms with Crippen LogP contribution in [0.3, 0.4) is 0 Å². The maximum Gasteiger partial charge on any atom is 0.251 e. The number of carbonyl (C=O) groups is 3. The van der Waals surface area contributed by atoms with Gasteiger partial charge < -0.3 is 26.0 Å². The summed E-state index contributed by atoms with van der Waals surface area (Å²) in [6.45, 7) is 2.64. The van der Waals surface area contributed by atoms with E-state index in [-0.39, 0.29) is 30.3 Å². The molecule has 4 N–H and O–H groups in total. The Morgan fingerprint density at radius 2 is 1.64 bits per heavy atom. The van der Waals surface area contributed by atoms with E-state index in [1.54, 1.807) is 0 Å². The second-order valence-electron chi connectivity index (χ2n) is 13.1. The third-order valence-corrected chi connectivity index (χ3v) is 9.72. The van der Waals surface area contributed by atoms with Crippen LogP contribution in [0.15, 0.2) is 48.5 Å². The molecule has 0 radical (unpaired) electrons. The van der Waals surface area contributed by atoms with E-state index in [0.29, 0.717) is 30.9 Å². The molecular formula is C36H50N4O4. The van der Waals surface area contributed by atoms with Crippen molar-refractivity contribution in [2.75, 3.05) is 18.0 Å². The Bertz CT molecular complexity index is 1260. The van der Waals surface area contributed by atoms with Crippen LogP contribution < -0.4 is 20.9 Å². The molecule has 5 rings (SSSR count). The van der Waals surface area contributed by atoms with Crippen LogP contribution in [0.2, 0.25) is 0 Å². The lowest BCUT2D eigenvalue weighted by atomic mass is 9.83. The molecule has 0 aromatic heterocycles. The molecular weight excluding hydrogens is 552 g/mol. The normalized spacial score (nSPS) is 20.2. The molecule has 3 aliphatic rings. The van der Waals surface area contributed by atoms with Crippen LogP contribution in [0.4, 0.5) is 5.69 Å². The highest BCUT2D eigenvalue weighted by Gasteiger charge is 2.28. The SMILES string of the molecule is C[C@H](NC[C@H](O)[C@H](Cc1ccccc1)NC(=O)c1cc(C2CCCCC2)cc(N2CCCC2=O)c1)C(=O)NC1CCCCC1. The van der Waals surface area contributed by atoms with Gasteiger partial charge in [0.05, 0.1) is 18.2 Å². The van der Waals surface area contributed by atoms with E-state index >= 15 is 0 Å². The number of nitrogens with zero attached hydrogens (tertiary/aromatic N) is 1. The summed E-state index contributed by atoms with van der Waals surface area (Å²) in [6.07, 6.45) is 12.2. The summed E-state index contributed by atoms with van der Waals surface area (Å²) in [5.74, 6) is 0.154. The molecule has 8 nitrogen and oxygen atoms in total. The highest BCUT2D eigenvalue weighted by molar-refractivity contribution is 5.99. The van der Waals surface area contributed by atoms with Crippen LogP contribution in [0.5, 0.6) is 0 Å². The van der Waals surface area contributed by atoms with E-state index in [1.807, 2.05) is 54.3 Å². The zero-order valence-corrected chi connectivity index (χ0v) is 26.2. The topological polar surface area (TPSA) is 111 Å². The van der Waals surface area contributed by atoms with Crippen molar-refractivity contribution in [3.05, 3.63) is 65.2 Å². The summed E-state index contributed by atoms with van der Waals surface area (Å²) in [5.41, 5.74) is 3.42. The Kier molecular flexibility index (Phi) is 11.5. The molecule has 1 heterocycles. The third kappa shape index (κ3) is 8.69. The second kappa shape index (κ2) is 15.7. The van der Waals surface area contributed by atoms with Crippen molar-refractivity contribution in [2.24, 2.45) is 0 Å². The molecule has 2 aliphatic carbocycles. The summed E-state index contributed by atoms with van der Waals surface area (Å²) in [7, 11) is 0. The van der Waals surface area contributed by atoms with Crippen molar-refractivity contribution >= 4 is 23.4 Å². The van der Waals surface area contributed by atoms with Crippen LogP contribution in [0, 0.1) is 0 Å². The Morgan fingerprint density at radius 3 is 2.32 bits per heavy atom. The zero-order valence-electron chi connectivity index (χ0n) is 26.2. The van der Waals surface area contributed by atoms with Gasteiger partial charge in [-0.1, -0.05) is 68.9 Å². The van der Waals surface area contributed by atoms with Gasteiger partial charge in [0, 0.05) is 36.8 Å². The Balaban J connectivity index is 1.30. The van der Waals surface area contributed by atoms with Crippen molar-refractivity contribution in [2.45, 2.75) is 121 Å². The molecule has 1 aliphatic heterocycles. The second-order valence-corrected chi connectivity index (χ2v) is 13.1. The predicted molar refractivity (Wildman–Crippen MR) is 174 cm³/mol. The van der Waals surface area contributed by atoms with Gasteiger partial charge in [-0.15, -0.1) is 0 Å². The highest BCUT2D eigenvalue weighted by atomic mass is 16.3. The summed E-state index contributed by atoms with van der Waals surface area (Å²) >= 11 is 0. The van der Waals surface area contributed by atoms with Gasteiger partial charge >= 0.3 is 0 Å². The first kappa shape index (κ1) is 32.2. The van der Waals surface area contributed by atoms with Crippen molar-refractivity contribution in [1.82, 2.24) is 16.0 Å². The lowest BCUT2D eigenvalue weighted by Gasteiger charge is -2.28. The number of carbonyl (C=O) groups excluding carboxylic acids is 3. The molecule has 3 fully saturated rings. The Morgan fingerprint density at radius 1 is 0.932 bits per heavy atom. The van der Waals surface area contributed by atoms with Crippen LogP contribution in [-0.2, 0) is 16.0 Å². The lowest BCUT2D eigenvalue weighted by molar-refractivity contribution is -0.123. The minimum Gasteiger partial charge on any atom is -0.390 e. The molecule has 1 saturated heterocycles. The smallest absolute Gasteiger partial charge is 0.251 e. The molecule has 44 heavy (non-hydrogen) atoms. The van der Waals surface area contributed by atoms with Gasteiger partial charge in [0.25, 0.3) is 5.91 Å². The largest absolute Gasteiger partial charge is 0.390 e. The number of rotatable bonds is 12. The third-order valence-electron chi connectivity index (χ3n) is 9.72. The van der Waals surface area contributed by atoms with Crippen molar-refractivity contribution < 1.29 is 19.5 Å². The van der Waals surface area contributed by atoms with E-state index in [4.69, 9.17) is 0 Å². The molecule has 2 aromatic rings. The quantitative estimate of drug-likeness (QED) is 0.274. The minimum absolute atomic E-state index is 0.0590. The molecule has 2 aromatic carbocycles. The van der Waals surface area contributed by atoms with E-state index in [1.165, 1.54) is 25.7 Å². The first-order chi connectivity index (χ1) is 21.4. The number of amides is 3. The fourth-order valence-electron chi connectivity index (χ4n) is 7.02. The van der Waals surface area contributed by atoms with Gasteiger partial charge in [-0.3, -0.25) is 14.4 Å². The average Bonchev–Trinajstić information content (AvgIpc) is 3.50. The molecule has 0 bridgehead atoms. The average molecular weight is 603 g/mol. The summed E-state index contributed by atoms with van der Waals surface area (Å²) in [5, 5.41) is 20.8. The Hall–Kier alpha value is -3.23. The molecule has 3 amide bonds. The summed E-state index contributed by atoms with van der Waals surface area (Å²) < 4.78 is 0. The van der Waals surface area contributed by atoms with Crippen LogP contribution in [0.25, 0.3) is 0 Å². The number of hydrogen-bond acceptors (Lipinski definition) is 5. The zero-order chi connectivity index (χ0) is 30.9. The fraction of sp³-hybridized carbons (Fsp3) is 0.583. The molecule has 0 spiro atoms. The maximum atomic E-state index is 13.9. The number of nitrogens with one attached hydrogen (secondary N) is 3. The summed E-state index contributed by atoms with van der Waals surface area (Å²) in [4.78, 5) is 41.2. The van der Waals surface area contributed by atoms with Crippen LogP contribution in [0.1, 0.15) is 111 Å². The van der Waals surface area contributed by atoms with E-state index in [9.17, 15) is 19.5 Å². The molecule has 8 heteroatoms. The van der Waals surface area contributed by atoms with Gasteiger partial charge in [0.1, 0.15) is 0 Å². The first-order valence-corrected chi connectivity index (χ1v) is 16.9. The summed E-state index contributed by atoms with van der Waals surface area (Å²) in [6, 6.07) is 14.9. The van der Waals surface area contributed by atoms with Gasteiger partial charge in [-0.2, -0.15) is 0 Å².